The summed E-state index contributed by atoms with van der Waals surface area (Å²) in [6, 6.07) is 7.92. The van der Waals surface area contributed by atoms with Gasteiger partial charge < -0.3 is 15.8 Å². The van der Waals surface area contributed by atoms with E-state index < -0.39 is 0 Å². The number of para-hydroxylation sites is 1. The molecular formula is C16H25N3O. The average Bonchev–Trinajstić information content (AvgIpc) is 2.51. The molecule has 1 aromatic carbocycles. The fourth-order valence-electron chi connectivity index (χ4n) is 1.80. The first-order valence-corrected chi connectivity index (χ1v) is 7.27. The smallest absolute Gasteiger partial charge is 0.116 e. The second-order valence-corrected chi connectivity index (χ2v) is 4.19. The maximum absolute atomic E-state index is 5.95. The van der Waals surface area contributed by atoms with Gasteiger partial charge in [0.1, 0.15) is 6.73 Å². The van der Waals surface area contributed by atoms with Gasteiger partial charge in [-0.05, 0) is 12.5 Å². The summed E-state index contributed by atoms with van der Waals surface area (Å²) in [5, 5.41) is 4.25. The van der Waals surface area contributed by atoms with Crippen LogP contribution in [0.15, 0.2) is 30.5 Å². The van der Waals surface area contributed by atoms with Gasteiger partial charge >= 0.3 is 0 Å². The quantitative estimate of drug-likeness (QED) is 0.617. The third-order valence-corrected chi connectivity index (χ3v) is 2.80. The van der Waals surface area contributed by atoms with E-state index in [9.17, 15) is 0 Å². The lowest BCUT2D eigenvalue weighted by Crippen LogP contribution is -2.09. The molecule has 20 heavy (non-hydrogen) atoms. The summed E-state index contributed by atoms with van der Waals surface area (Å²) < 4.78 is 5.49. The van der Waals surface area contributed by atoms with Crippen LogP contribution in [0.2, 0.25) is 0 Å². The van der Waals surface area contributed by atoms with Crippen LogP contribution in [0.3, 0.4) is 0 Å². The number of ether oxygens (including phenoxy) is 1. The summed E-state index contributed by atoms with van der Waals surface area (Å²) in [5.41, 5.74) is 8.43. The first-order chi connectivity index (χ1) is 9.83. The maximum atomic E-state index is 5.95. The molecule has 0 saturated carbocycles. The van der Waals surface area contributed by atoms with Crippen molar-refractivity contribution in [3.63, 3.8) is 0 Å². The van der Waals surface area contributed by atoms with Crippen molar-refractivity contribution in [2.75, 3.05) is 24.4 Å². The van der Waals surface area contributed by atoms with Crippen LogP contribution in [-0.4, -0.2) is 18.3 Å². The van der Waals surface area contributed by atoms with Crippen molar-refractivity contribution in [3.05, 3.63) is 30.5 Å². The predicted molar refractivity (Wildman–Crippen MR) is 86.9 cm³/mol. The molecule has 4 nitrogen and oxygen atoms in total. The standard InChI is InChI=1S/C14H19N3O.C2H6/c1-2-3-8-18-10-17-14-11-6-4-5-7-13(11)16-9-12(14)15;1-2/h4-7,9H,2-3,8,10,15H2,1H3,(H,16,17);1-2H3. The predicted octanol–water partition coefficient (Wildman–Crippen LogP) is 4.03. The monoisotopic (exact) mass is 275 g/mol. The third kappa shape index (κ3) is 4.38. The van der Waals surface area contributed by atoms with Gasteiger partial charge in [0, 0.05) is 12.0 Å². The number of pyridine rings is 1. The van der Waals surface area contributed by atoms with Crippen LogP contribution in [0, 0.1) is 0 Å². The zero-order valence-electron chi connectivity index (χ0n) is 12.6. The lowest BCUT2D eigenvalue weighted by Gasteiger charge is -2.12. The summed E-state index contributed by atoms with van der Waals surface area (Å²) in [6.07, 6.45) is 3.89. The number of nitrogens with two attached hydrogens (primary N) is 1. The topological polar surface area (TPSA) is 60.2 Å². The molecule has 0 saturated heterocycles. The Labute approximate surface area is 121 Å². The first kappa shape index (κ1) is 16.2. The molecule has 0 radical (unpaired) electrons. The van der Waals surface area contributed by atoms with Crippen LogP contribution in [0.1, 0.15) is 33.6 Å². The lowest BCUT2D eigenvalue weighted by atomic mass is 10.1. The van der Waals surface area contributed by atoms with Crippen LogP contribution in [0.25, 0.3) is 10.9 Å². The first-order valence-electron chi connectivity index (χ1n) is 7.27. The third-order valence-electron chi connectivity index (χ3n) is 2.80. The number of nitrogens with one attached hydrogen (secondary N) is 1. The van der Waals surface area contributed by atoms with Crippen LogP contribution < -0.4 is 11.1 Å². The minimum atomic E-state index is 0.470. The molecule has 0 aliphatic heterocycles. The Bertz CT molecular complexity index is 514. The second kappa shape index (κ2) is 9.15. The Morgan fingerprint density at radius 2 is 2.00 bits per heavy atom. The van der Waals surface area contributed by atoms with E-state index in [4.69, 9.17) is 10.5 Å². The molecule has 0 aliphatic carbocycles. The molecule has 0 atom stereocenters. The summed E-state index contributed by atoms with van der Waals surface area (Å²) in [7, 11) is 0. The van der Waals surface area contributed by atoms with Crippen LogP contribution in [-0.2, 0) is 4.74 Å². The molecule has 0 bridgehead atoms. The number of benzene rings is 1. The van der Waals surface area contributed by atoms with Crippen molar-refractivity contribution in [2.45, 2.75) is 33.6 Å². The van der Waals surface area contributed by atoms with Crippen molar-refractivity contribution in [3.8, 4) is 0 Å². The van der Waals surface area contributed by atoms with Gasteiger partial charge in [0.15, 0.2) is 0 Å². The summed E-state index contributed by atoms with van der Waals surface area (Å²) in [5.74, 6) is 0. The number of fused-ring (bicyclic) bond motifs is 1. The molecule has 2 aromatic rings. The summed E-state index contributed by atoms with van der Waals surface area (Å²) in [4.78, 5) is 4.29. The van der Waals surface area contributed by atoms with E-state index >= 15 is 0 Å². The SMILES string of the molecule is CC.CCCCOCNc1c(N)cnc2ccccc12. The maximum Gasteiger partial charge on any atom is 0.116 e. The molecule has 0 spiro atoms. The number of aromatic nitrogens is 1. The van der Waals surface area contributed by atoms with Crippen molar-refractivity contribution in [1.29, 1.82) is 0 Å². The normalized spacial score (nSPS) is 9.95. The minimum absolute atomic E-state index is 0.470. The van der Waals surface area contributed by atoms with Gasteiger partial charge in [-0.15, -0.1) is 0 Å². The molecule has 0 unspecified atom stereocenters. The van der Waals surface area contributed by atoms with Crippen molar-refractivity contribution in [2.24, 2.45) is 0 Å². The Morgan fingerprint density at radius 3 is 2.75 bits per heavy atom. The Balaban J connectivity index is 0.000000956. The molecule has 3 N–H and O–H groups in total. The fourth-order valence-corrected chi connectivity index (χ4v) is 1.80. The van der Waals surface area contributed by atoms with E-state index in [2.05, 4.69) is 17.2 Å². The molecule has 0 amide bonds. The zero-order valence-corrected chi connectivity index (χ0v) is 12.6. The van der Waals surface area contributed by atoms with Crippen molar-refractivity contribution in [1.82, 2.24) is 4.98 Å². The van der Waals surface area contributed by atoms with Crippen LogP contribution >= 0.6 is 0 Å². The van der Waals surface area contributed by atoms with Crippen LogP contribution in [0.5, 0.6) is 0 Å². The second-order valence-electron chi connectivity index (χ2n) is 4.19. The molecular weight excluding hydrogens is 250 g/mol. The number of unbranched alkanes of at least 4 members (excludes halogenated alkanes) is 1. The molecule has 1 heterocycles. The molecule has 1 aromatic heterocycles. The van der Waals surface area contributed by atoms with Gasteiger partial charge in [-0.2, -0.15) is 0 Å². The van der Waals surface area contributed by atoms with Gasteiger partial charge in [-0.1, -0.05) is 45.4 Å². The number of rotatable bonds is 6. The van der Waals surface area contributed by atoms with Crippen molar-refractivity contribution < 1.29 is 4.74 Å². The highest BCUT2D eigenvalue weighted by atomic mass is 16.5. The number of hydrogen-bond donors (Lipinski definition) is 2. The van der Waals surface area contributed by atoms with E-state index in [0.29, 0.717) is 12.4 Å². The van der Waals surface area contributed by atoms with Gasteiger partial charge in [0.05, 0.1) is 23.1 Å². The van der Waals surface area contributed by atoms with E-state index in [-0.39, 0.29) is 0 Å². The Hall–Kier alpha value is -1.81. The van der Waals surface area contributed by atoms with Gasteiger partial charge in [0.25, 0.3) is 0 Å². The van der Waals surface area contributed by atoms with E-state index in [1.807, 2.05) is 38.1 Å². The highest BCUT2D eigenvalue weighted by Crippen LogP contribution is 2.27. The minimum Gasteiger partial charge on any atom is -0.396 e. The highest BCUT2D eigenvalue weighted by Gasteiger charge is 2.05. The lowest BCUT2D eigenvalue weighted by molar-refractivity contribution is 0.149. The number of anilines is 2. The van der Waals surface area contributed by atoms with Crippen LogP contribution in [0.4, 0.5) is 11.4 Å². The molecule has 2 rings (SSSR count). The van der Waals surface area contributed by atoms with Gasteiger partial charge in [-0.25, -0.2) is 0 Å². The summed E-state index contributed by atoms with van der Waals surface area (Å²) in [6.45, 7) is 7.38. The number of hydrogen-bond acceptors (Lipinski definition) is 4. The number of nitrogen functional groups attached to an aromatic ring is 1. The fraction of sp³-hybridized carbons (Fsp3) is 0.438. The molecule has 0 aliphatic rings. The number of nitrogens with zero attached hydrogens (tertiary/aromatic N) is 1. The Kier molecular flexibility index (Phi) is 7.43. The summed E-state index contributed by atoms with van der Waals surface area (Å²) >= 11 is 0. The van der Waals surface area contributed by atoms with Crippen molar-refractivity contribution >= 4 is 22.3 Å². The zero-order chi connectivity index (χ0) is 14.8. The Morgan fingerprint density at radius 1 is 1.25 bits per heavy atom. The van der Waals surface area contributed by atoms with E-state index in [1.54, 1.807) is 6.20 Å². The van der Waals surface area contributed by atoms with E-state index in [1.165, 1.54) is 0 Å². The molecule has 110 valence electrons. The van der Waals surface area contributed by atoms with E-state index in [0.717, 1.165) is 36.0 Å². The molecule has 0 fully saturated rings. The molecule has 4 heteroatoms. The van der Waals surface area contributed by atoms with Gasteiger partial charge in [0.2, 0.25) is 0 Å². The van der Waals surface area contributed by atoms with Gasteiger partial charge in [-0.3, -0.25) is 4.98 Å². The average molecular weight is 275 g/mol. The highest BCUT2D eigenvalue weighted by molar-refractivity contribution is 5.96. The largest absolute Gasteiger partial charge is 0.396 e.